The van der Waals surface area contributed by atoms with Crippen molar-refractivity contribution >= 4 is 11.0 Å². The van der Waals surface area contributed by atoms with E-state index in [0.717, 1.165) is 22.4 Å². The maximum absolute atomic E-state index is 9.20. The van der Waals surface area contributed by atoms with Gasteiger partial charge in [-0.1, -0.05) is 18.6 Å². The van der Waals surface area contributed by atoms with Crippen molar-refractivity contribution in [2.24, 2.45) is 0 Å². The quantitative estimate of drug-likeness (QED) is 0.785. The number of aliphatic hydroxyl groups excluding tert-OH is 1. The first-order valence-electron chi connectivity index (χ1n) is 5.47. The zero-order chi connectivity index (χ0) is 10.3. The lowest BCUT2D eigenvalue weighted by molar-refractivity contribution is 0.283. The first kappa shape index (κ1) is 8.92. The van der Waals surface area contributed by atoms with Crippen LogP contribution < -0.4 is 0 Å². The number of rotatable bonds is 2. The number of hydrogen-bond acceptors (Lipinski definition) is 2. The largest absolute Gasteiger partial charge is 0.392 e. The van der Waals surface area contributed by atoms with E-state index in [-0.39, 0.29) is 6.61 Å². The number of aromatic amines is 1. The van der Waals surface area contributed by atoms with Crippen LogP contribution in [-0.4, -0.2) is 15.1 Å². The van der Waals surface area contributed by atoms with Crippen LogP contribution in [0.4, 0.5) is 0 Å². The van der Waals surface area contributed by atoms with Crippen molar-refractivity contribution in [3.63, 3.8) is 0 Å². The van der Waals surface area contributed by atoms with Crippen molar-refractivity contribution in [1.82, 2.24) is 9.97 Å². The van der Waals surface area contributed by atoms with Crippen LogP contribution in [-0.2, 0) is 6.61 Å². The van der Waals surface area contributed by atoms with Crippen LogP contribution in [0.2, 0.25) is 0 Å². The average molecular weight is 202 g/mol. The van der Waals surface area contributed by atoms with Crippen molar-refractivity contribution in [1.29, 1.82) is 0 Å². The Labute approximate surface area is 88.2 Å². The lowest BCUT2D eigenvalue weighted by atomic mass is 9.85. The summed E-state index contributed by atoms with van der Waals surface area (Å²) in [7, 11) is 0. The number of nitrogens with zero attached hydrogens (tertiary/aromatic N) is 1. The molecule has 1 saturated carbocycles. The predicted molar refractivity (Wildman–Crippen MR) is 58.6 cm³/mol. The molecule has 1 aliphatic rings. The van der Waals surface area contributed by atoms with Crippen LogP contribution in [0.5, 0.6) is 0 Å². The smallest absolute Gasteiger partial charge is 0.110 e. The fraction of sp³-hybridized carbons (Fsp3) is 0.417. The van der Waals surface area contributed by atoms with Crippen LogP contribution >= 0.6 is 0 Å². The predicted octanol–water partition coefficient (Wildman–Crippen LogP) is 2.32. The highest BCUT2D eigenvalue weighted by molar-refractivity contribution is 5.78. The number of para-hydroxylation sites is 1. The number of H-pyrrole nitrogens is 1. The summed E-state index contributed by atoms with van der Waals surface area (Å²) in [6.07, 6.45) is 3.80. The highest BCUT2D eigenvalue weighted by Crippen LogP contribution is 2.35. The molecule has 0 saturated heterocycles. The van der Waals surface area contributed by atoms with E-state index in [1.54, 1.807) is 0 Å². The van der Waals surface area contributed by atoms with Gasteiger partial charge in [0.2, 0.25) is 0 Å². The SMILES string of the molecule is OCc1cccc2[nH]c(C3CCC3)nc12. The van der Waals surface area contributed by atoms with Gasteiger partial charge in [-0.3, -0.25) is 0 Å². The first-order valence-corrected chi connectivity index (χ1v) is 5.47. The van der Waals surface area contributed by atoms with Gasteiger partial charge in [-0.05, 0) is 18.9 Å². The summed E-state index contributed by atoms with van der Waals surface area (Å²) in [4.78, 5) is 7.94. The molecule has 3 nitrogen and oxygen atoms in total. The lowest BCUT2D eigenvalue weighted by Crippen LogP contribution is -2.10. The summed E-state index contributed by atoms with van der Waals surface area (Å²) in [6.45, 7) is 0.0618. The Morgan fingerprint density at radius 2 is 2.27 bits per heavy atom. The number of benzene rings is 1. The second kappa shape index (κ2) is 3.35. The first-order chi connectivity index (χ1) is 7.38. The molecular formula is C12H14N2O. The van der Waals surface area contributed by atoms with Gasteiger partial charge >= 0.3 is 0 Å². The molecule has 1 fully saturated rings. The van der Waals surface area contributed by atoms with Crippen molar-refractivity contribution in [2.75, 3.05) is 0 Å². The number of hydrogen-bond donors (Lipinski definition) is 2. The highest BCUT2D eigenvalue weighted by atomic mass is 16.3. The zero-order valence-corrected chi connectivity index (χ0v) is 8.53. The molecule has 0 unspecified atom stereocenters. The summed E-state index contributed by atoms with van der Waals surface area (Å²) < 4.78 is 0. The molecule has 0 aliphatic heterocycles. The molecule has 15 heavy (non-hydrogen) atoms. The van der Waals surface area contributed by atoms with Crippen LogP contribution in [0.1, 0.15) is 36.6 Å². The van der Waals surface area contributed by atoms with E-state index in [0.29, 0.717) is 5.92 Å². The molecule has 0 radical (unpaired) electrons. The molecule has 0 spiro atoms. The Morgan fingerprint density at radius 1 is 1.40 bits per heavy atom. The fourth-order valence-electron chi connectivity index (χ4n) is 2.11. The summed E-state index contributed by atoms with van der Waals surface area (Å²) in [5, 5.41) is 9.20. The molecule has 0 amide bonds. The van der Waals surface area contributed by atoms with Gasteiger partial charge in [0.25, 0.3) is 0 Å². The monoisotopic (exact) mass is 202 g/mol. The number of imidazole rings is 1. The van der Waals surface area contributed by atoms with Crippen molar-refractivity contribution in [3.8, 4) is 0 Å². The third-order valence-electron chi connectivity index (χ3n) is 3.28. The van der Waals surface area contributed by atoms with E-state index in [1.807, 2.05) is 18.2 Å². The Hall–Kier alpha value is -1.35. The highest BCUT2D eigenvalue weighted by Gasteiger charge is 2.22. The third-order valence-corrected chi connectivity index (χ3v) is 3.28. The molecule has 2 N–H and O–H groups in total. The van der Waals surface area contributed by atoms with Gasteiger partial charge in [-0.25, -0.2) is 4.98 Å². The maximum Gasteiger partial charge on any atom is 0.110 e. The third kappa shape index (κ3) is 1.35. The Kier molecular flexibility index (Phi) is 1.99. The van der Waals surface area contributed by atoms with E-state index in [2.05, 4.69) is 9.97 Å². The second-order valence-electron chi connectivity index (χ2n) is 4.22. The van der Waals surface area contributed by atoms with Crippen LogP contribution in [0, 0.1) is 0 Å². The van der Waals surface area contributed by atoms with E-state index >= 15 is 0 Å². The molecule has 1 aromatic carbocycles. The standard InChI is InChI=1S/C12H14N2O/c15-7-9-5-2-6-10-11(9)14-12(13-10)8-3-1-4-8/h2,5-6,8,15H,1,3-4,7H2,(H,13,14). The fourth-order valence-corrected chi connectivity index (χ4v) is 2.11. The average Bonchev–Trinajstić information content (AvgIpc) is 2.57. The minimum atomic E-state index is 0.0618. The van der Waals surface area contributed by atoms with Gasteiger partial charge in [-0.15, -0.1) is 0 Å². The summed E-state index contributed by atoms with van der Waals surface area (Å²) >= 11 is 0. The number of fused-ring (bicyclic) bond motifs is 1. The summed E-state index contributed by atoms with van der Waals surface area (Å²) in [5.74, 6) is 1.71. The molecule has 78 valence electrons. The van der Waals surface area contributed by atoms with E-state index in [1.165, 1.54) is 19.3 Å². The van der Waals surface area contributed by atoms with Crippen molar-refractivity contribution < 1.29 is 5.11 Å². The Morgan fingerprint density at radius 3 is 2.93 bits per heavy atom. The van der Waals surface area contributed by atoms with Gasteiger partial charge in [-0.2, -0.15) is 0 Å². The Balaban J connectivity index is 2.12. The minimum Gasteiger partial charge on any atom is -0.392 e. The number of nitrogens with one attached hydrogen (secondary N) is 1. The topological polar surface area (TPSA) is 48.9 Å². The Bertz CT molecular complexity index is 485. The molecular weight excluding hydrogens is 188 g/mol. The molecule has 3 rings (SSSR count). The molecule has 1 heterocycles. The van der Waals surface area contributed by atoms with E-state index in [9.17, 15) is 5.11 Å². The zero-order valence-electron chi connectivity index (χ0n) is 8.53. The van der Waals surface area contributed by atoms with Crippen LogP contribution in [0.3, 0.4) is 0 Å². The minimum absolute atomic E-state index is 0.0618. The summed E-state index contributed by atoms with van der Waals surface area (Å²) in [6, 6.07) is 5.90. The van der Waals surface area contributed by atoms with Crippen LogP contribution in [0.25, 0.3) is 11.0 Å². The van der Waals surface area contributed by atoms with E-state index < -0.39 is 0 Å². The summed E-state index contributed by atoms with van der Waals surface area (Å²) in [5.41, 5.74) is 2.89. The molecule has 2 aromatic rings. The molecule has 3 heteroatoms. The molecule has 0 atom stereocenters. The molecule has 0 bridgehead atoms. The van der Waals surface area contributed by atoms with Gasteiger partial charge in [0, 0.05) is 11.5 Å². The second-order valence-corrected chi connectivity index (χ2v) is 4.22. The normalized spacial score (nSPS) is 16.9. The van der Waals surface area contributed by atoms with Gasteiger partial charge in [0.1, 0.15) is 5.82 Å². The lowest BCUT2D eigenvalue weighted by Gasteiger charge is -2.22. The van der Waals surface area contributed by atoms with Crippen molar-refractivity contribution in [2.45, 2.75) is 31.8 Å². The maximum atomic E-state index is 9.20. The molecule has 1 aromatic heterocycles. The van der Waals surface area contributed by atoms with Crippen molar-refractivity contribution in [3.05, 3.63) is 29.6 Å². The van der Waals surface area contributed by atoms with Gasteiger partial charge < -0.3 is 10.1 Å². The van der Waals surface area contributed by atoms with Gasteiger partial charge in [0.15, 0.2) is 0 Å². The van der Waals surface area contributed by atoms with Crippen LogP contribution in [0.15, 0.2) is 18.2 Å². The number of aromatic nitrogens is 2. The molecule has 1 aliphatic carbocycles. The number of aliphatic hydroxyl groups is 1. The van der Waals surface area contributed by atoms with E-state index in [4.69, 9.17) is 0 Å². The van der Waals surface area contributed by atoms with Gasteiger partial charge in [0.05, 0.1) is 17.6 Å².